The highest BCUT2D eigenvalue weighted by Gasteiger charge is 2.20. The van der Waals surface area contributed by atoms with E-state index in [1.54, 1.807) is 22.7 Å². The third kappa shape index (κ3) is 2.64. The molecule has 110 valence electrons. The topological polar surface area (TPSA) is 42.0 Å². The molecule has 5 heteroatoms. The molecular formula is C16H18N2OS2. The van der Waals surface area contributed by atoms with Gasteiger partial charge in [0.25, 0.3) is 5.91 Å². The molecule has 21 heavy (non-hydrogen) atoms. The molecule has 0 atom stereocenters. The van der Waals surface area contributed by atoms with Crippen molar-refractivity contribution in [2.75, 3.05) is 5.32 Å². The van der Waals surface area contributed by atoms with Gasteiger partial charge in [-0.2, -0.15) is 0 Å². The fraction of sp³-hybridized carbons (Fsp3) is 0.500. The molecule has 2 heterocycles. The monoisotopic (exact) mass is 318 g/mol. The van der Waals surface area contributed by atoms with Crippen molar-refractivity contribution in [3.8, 4) is 0 Å². The minimum Gasteiger partial charge on any atom is -0.297 e. The van der Waals surface area contributed by atoms with Gasteiger partial charge in [-0.15, -0.1) is 22.7 Å². The van der Waals surface area contributed by atoms with Gasteiger partial charge in [-0.3, -0.25) is 10.1 Å². The largest absolute Gasteiger partial charge is 0.297 e. The Hall–Kier alpha value is -1.20. The van der Waals surface area contributed by atoms with Crippen LogP contribution in [0.2, 0.25) is 0 Å². The predicted molar refractivity (Wildman–Crippen MR) is 87.7 cm³/mol. The maximum absolute atomic E-state index is 12.4. The second kappa shape index (κ2) is 5.54. The summed E-state index contributed by atoms with van der Waals surface area (Å²) in [6, 6.07) is 2.10. The number of hydrogen-bond acceptors (Lipinski definition) is 4. The van der Waals surface area contributed by atoms with E-state index < -0.39 is 0 Å². The Morgan fingerprint density at radius 1 is 1.00 bits per heavy atom. The quantitative estimate of drug-likeness (QED) is 0.843. The summed E-state index contributed by atoms with van der Waals surface area (Å²) in [7, 11) is 0. The van der Waals surface area contributed by atoms with Crippen molar-refractivity contribution in [3.63, 3.8) is 0 Å². The summed E-state index contributed by atoms with van der Waals surface area (Å²) in [5, 5.41) is 3.76. The predicted octanol–water partition coefficient (Wildman–Crippen LogP) is 4.21. The van der Waals surface area contributed by atoms with Crippen LogP contribution in [-0.4, -0.2) is 10.9 Å². The number of nitrogens with zero attached hydrogens (tertiary/aromatic N) is 1. The normalized spacial score (nSPS) is 17.1. The molecule has 0 aliphatic heterocycles. The lowest BCUT2D eigenvalue weighted by Gasteiger charge is -1.99. The Bertz CT molecular complexity index is 642. The number of thiophene rings is 1. The lowest BCUT2D eigenvalue weighted by Crippen LogP contribution is -2.10. The first-order valence-corrected chi connectivity index (χ1v) is 9.34. The second-order valence-electron chi connectivity index (χ2n) is 5.82. The summed E-state index contributed by atoms with van der Waals surface area (Å²) in [6.45, 7) is 0. The molecule has 0 bridgehead atoms. The Labute approximate surface area is 132 Å². The maximum atomic E-state index is 12.4. The van der Waals surface area contributed by atoms with Crippen LogP contribution < -0.4 is 5.32 Å². The van der Waals surface area contributed by atoms with Gasteiger partial charge in [0.2, 0.25) is 0 Å². The number of carbonyl (C=O) groups excluding carboxylic acids is 1. The van der Waals surface area contributed by atoms with Crippen molar-refractivity contribution >= 4 is 33.7 Å². The molecule has 0 saturated carbocycles. The van der Waals surface area contributed by atoms with E-state index in [-0.39, 0.29) is 5.91 Å². The summed E-state index contributed by atoms with van der Waals surface area (Å²) >= 11 is 3.32. The highest BCUT2D eigenvalue weighted by atomic mass is 32.1. The number of fused-ring (bicyclic) bond motifs is 2. The van der Waals surface area contributed by atoms with Crippen LogP contribution in [0.15, 0.2) is 6.07 Å². The van der Waals surface area contributed by atoms with E-state index in [1.807, 2.05) is 0 Å². The molecule has 2 aromatic heterocycles. The van der Waals surface area contributed by atoms with Crippen molar-refractivity contribution in [1.29, 1.82) is 0 Å². The molecule has 0 aromatic carbocycles. The Morgan fingerprint density at radius 2 is 1.86 bits per heavy atom. The SMILES string of the molecule is O=C(Nc1nc2c(s1)CCC2)c1cc2c(s1)CCCCC2. The molecule has 1 amide bonds. The summed E-state index contributed by atoms with van der Waals surface area (Å²) < 4.78 is 0. The molecular weight excluding hydrogens is 300 g/mol. The van der Waals surface area contributed by atoms with Crippen LogP contribution in [0.4, 0.5) is 5.13 Å². The Morgan fingerprint density at radius 3 is 2.76 bits per heavy atom. The van der Waals surface area contributed by atoms with Crippen molar-refractivity contribution in [2.24, 2.45) is 0 Å². The average molecular weight is 318 g/mol. The van der Waals surface area contributed by atoms with E-state index in [9.17, 15) is 4.79 Å². The minimum atomic E-state index is 0.0143. The third-order valence-electron chi connectivity index (χ3n) is 4.29. The summed E-state index contributed by atoms with van der Waals surface area (Å²) in [5.74, 6) is 0.0143. The average Bonchev–Trinajstić information content (AvgIpc) is 3.10. The van der Waals surface area contributed by atoms with E-state index >= 15 is 0 Å². The number of aryl methyl sites for hydroxylation is 4. The van der Waals surface area contributed by atoms with Gasteiger partial charge in [-0.25, -0.2) is 4.98 Å². The molecule has 1 N–H and O–H groups in total. The molecule has 3 nitrogen and oxygen atoms in total. The van der Waals surface area contributed by atoms with Crippen molar-refractivity contribution < 1.29 is 4.79 Å². The van der Waals surface area contributed by atoms with Gasteiger partial charge in [-0.05, 0) is 56.6 Å². The van der Waals surface area contributed by atoms with Crippen molar-refractivity contribution in [2.45, 2.75) is 51.4 Å². The van der Waals surface area contributed by atoms with Crippen molar-refractivity contribution in [1.82, 2.24) is 4.98 Å². The third-order valence-corrected chi connectivity index (χ3v) is 6.60. The fourth-order valence-electron chi connectivity index (χ4n) is 3.18. The van der Waals surface area contributed by atoms with Gasteiger partial charge in [-0.1, -0.05) is 6.42 Å². The van der Waals surface area contributed by atoms with Gasteiger partial charge >= 0.3 is 0 Å². The number of rotatable bonds is 2. The maximum Gasteiger partial charge on any atom is 0.267 e. The zero-order valence-corrected chi connectivity index (χ0v) is 13.5. The summed E-state index contributed by atoms with van der Waals surface area (Å²) in [4.78, 5) is 20.6. The van der Waals surface area contributed by atoms with Gasteiger partial charge in [0.15, 0.2) is 5.13 Å². The lowest BCUT2D eigenvalue weighted by molar-refractivity contribution is 0.103. The zero-order chi connectivity index (χ0) is 14.2. The number of carbonyl (C=O) groups is 1. The Balaban J connectivity index is 1.51. The van der Waals surface area contributed by atoms with Crippen LogP contribution in [-0.2, 0) is 25.7 Å². The molecule has 0 saturated heterocycles. The van der Waals surface area contributed by atoms with Crippen LogP contribution >= 0.6 is 22.7 Å². The number of aromatic nitrogens is 1. The van der Waals surface area contributed by atoms with Gasteiger partial charge in [0, 0.05) is 9.75 Å². The number of anilines is 1. The number of nitrogens with one attached hydrogen (secondary N) is 1. The summed E-state index contributed by atoms with van der Waals surface area (Å²) in [5.41, 5.74) is 2.58. The molecule has 0 fully saturated rings. The first kappa shape index (κ1) is 13.5. The molecule has 0 unspecified atom stereocenters. The van der Waals surface area contributed by atoms with Gasteiger partial charge in [0.1, 0.15) is 0 Å². The highest BCUT2D eigenvalue weighted by Crippen LogP contribution is 2.32. The van der Waals surface area contributed by atoms with E-state index in [0.29, 0.717) is 0 Å². The van der Waals surface area contributed by atoms with Crippen LogP contribution in [0.3, 0.4) is 0 Å². The molecule has 2 aromatic rings. The van der Waals surface area contributed by atoms with Gasteiger partial charge < -0.3 is 0 Å². The highest BCUT2D eigenvalue weighted by molar-refractivity contribution is 7.16. The van der Waals surface area contributed by atoms with Crippen LogP contribution in [0.1, 0.15) is 56.4 Å². The first-order valence-electron chi connectivity index (χ1n) is 7.71. The smallest absolute Gasteiger partial charge is 0.267 e. The molecule has 2 aliphatic carbocycles. The molecule has 0 radical (unpaired) electrons. The number of thiazole rings is 1. The second-order valence-corrected chi connectivity index (χ2v) is 8.04. The molecule has 2 aliphatic rings. The van der Waals surface area contributed by atoms with Crippen LogP contribution in [0.25, 0.3) is 0 Å². The lowest BCUT2D eigenvalue weighted by atomic mass is 10.1. The van der Waals surface area contributed by atoms with E-state index in [1.165, 1.54) is 46.7 Å². The number of amides is 1. The summed E-state index contributed by atoms with van der Waals surface area (Å²) in [6.07, 6.45) is 9.49. The Kier molecular flexibility index (Phi) is 3.55. The van der Waals surface area contributed by atoms with Crippen LogP contribution in [0.5, 0.6) is 0 Å². The number of hydrogen-bond donors (Lipinski definition) is 1. The molecule has 4 rings (SSSR count). The van der Waals surface area contributed by atoms with Crippen LogP contribution in [0, 0.1) is 0 Å². The van der Waals surface area contributed by atoms with E-state index in [2.05, 4.69) is 16.4 Å². The zero-order valence-electron chi connectivity index (χ0n) is 11.9. The van der Waals surface area contributed by atoms with Crippen molar-refractivity contribution in [3.05, 3.63) is 32.0 Å². The van der Waals surface area contributed by atoms with Gasteiger partial charge in [0.05, 0.1) is 10.6 Å². The minimum absolute atomic E-state index is 0.0143. The fourth-order valence-corrected chi connectivity index (χ4v) is 5.38. The standard InChI is InChI=1S/C16H18N2OS2/c19-15(18-16-17-11-6-4-8-13(11)21-16)14-9-10-5-2-1-3-7-12(10)20-14/h9H,1-8H2,(H,17,18,19). The van der Waals surface area contributed by atoms with E-state index in [0.717, 1.165) is 35.7 Å². The molecule has 0 spiro atoms. The van der Waals surface area contributed by atoms with E-state index in [4.69, 9.17) is 0 Å². The first-order chi connectivity index (χ1) is 10.3.